The topological polar surface area (TPSA) is 119 Å². The maximum atomic E-state index is 12.8. The molecule has 0 radical (unpaired) electrons. The quantitative estimate of drug-likeness (QED) is 0.186. The molecule has 0 aliphatic rings. The molecule has 3 atom stereocenters. The van der Waals surface area contributed by atoms with Gasteiger partial charge in [0.05, 0.1) is 19.2 Å². The second kappa shape index (κ2) is 17.4. The number of aliphatic carboxylic acids is 1. The first-order valence-corrected chi connectivity index (χ1v) is 8.59. The molecule has 1 rings (SSSR count). The van der Waals surface area contributed by atoms with Crippen molar-refractivity contribution in [2.75, 3.05) is 19.8 Å². The zero-order valence-electron chi connectivity index (χ0n) is 16.5. The first-order valence-electron chi connectivity index (χ1n) is 8.59. The average molecular weight is 444 g/mol. The van der Waals surface area contributed by atoms with Crippen molar-refractivity contribution >= 4 is 5.97 Å². The van der Waals surface area contributed by atoms with Gasteiger partial charge in [-0.3, -0.25) is 0 Å². The van der Waals surface area contributed by atoms with Crippen LogP contribution in [-0.4, -0.2) is 59.4 Å². The molecule has 30 heavy (non-hydrogen) atoms. The fraction of sp³-hybridized carbons (Fsp3) is 0.286. The monoisotopic (exact) mass is 444 g/mol. The molecule has 0 amide bonds. The van der Waals surface area contributed by atoms with Gasteiger partial charge < -0.3 is 34.7 Å². The van der Waals surface area contributed by atoms with Crippen molar-refractivity contribution in [1.82, 2.24) is 0 Å². The summed E-state index contributed by atoms with van der Waals surface area (Å²) in [6, 6.07) is 5.43. The van der Waals surface area contributed by atoms with E-state index >= 15 is 0 Å². The minimum atomic E-state index is -1.41. The number of carboxylic acids is 1. The Labute approximate surface area is 216 Å². The van der Waals surface area contributed by atoms with Crippen LogP contribution in [0.4, 0.5) is 4.39 Å². The largest absolute Gasteiger partial charge is 1.00 e. The van der Waals surface area contributed by atoms with E-state index in [-0.39, 0.29) is 70.4 Å². The summed E-state index contributed by atoms with van der Waals surface area (Å²) in [7, 11) is 0. The smallest absolute Gasteiger partial charge is 0.548 e. The molecule has 0 aliphatic carbocycles. The van der Waals surface area contributed by atoms with Crippen molar-refractivity contribution in [2.24, 2.45) is 0 Å². The number of halogens is 1. The molecule has 9 heteroatoms. The zero-order chi connectivity index (χ0) is 21.5. The van der Waals surface area contributed by atoms with Crippen LogP contribution in [0.1, 0.15) is 0 Å². The summed E-state index contributed by atoms with van der Waals surface area (Å²) >= 11 is 0. The normalized spacial score (nSPS) is 14.1. The molecule has 1 aromatic rings. The summed E-state index contributed by atoms with van der Waals surface area (Å²) in [5.74, 6) is 3.99. The number of aliphatic hydroxyl groups is 3. The van der Waals surface area contributed by atoms with Crippen LogP contribution in [0.2, 0.25) is 0 Å². The van der Waals surface area contributed by atoms with Crippen LogP contribution in [-0.2, 0) is 9.53 Å². The fourth-order valence-electron chi connectivity index (χ4n) is 1.79. The van der Waals surface area contributed by atoms with Crippen LogP contribution in [0.5, 0.6) is 5.75 Å². The van der Waals surface area contributed by atoms with Crippen LogP contribution in [0.15, 0.2) is 60.7 Å². The number of carbonyl (C=O) groups is 1. The van der Waals surface area contributed by atoms with Crippen LogP contribution in [0.25, 0.3) is 0 Å². The third-order valence-corrected chi connectivity index (χ3v) is 3.22. The summed E-state index contributed by atoms with van der Waals surface area (Å²) in [5.41, 5.74) is 0. The van der Waals surface area contributed by atoms with Gasteiger partial charge in [-0.15, -0.1) is 0 Å². The second-order valence-electron chi connectivity index (χ2n) is 5.67. The average Bonchev–Trinajstić information content (AvgIpc) is 2.69. The number of hydrogen-bond donors (Lipinski definition) is 3. The standard InChI is InChI=1S/C21H23FO7.K/c22-16-9-11-18(12-10-16)29-13-17(23)7-5-3-1-2-4-6-8-19(24)20(25)14-28-15-21(26)27;/h2,4-12,17,19-20,23-25H,13-15H2,(H,26,27);/q;+1/p-1/b4-2+,7-5+,8-6+;/t17-,19-,20+;/m0./s1. The van der Waals surface area contributed by atoms with E-state index in [1.54, 1.807) is 0 Å². The van der Waals surface area contributed by atoms with Crippen molar-refractivity contribution < 1.29 is 90.5 Å². The van der Waals surface area contributed by atoms with Gasteiger partial charge in [0.15, 0.2) is 0 Å². The van der Waals surface area contributed by atoms with Gasteiger partial charge in [-0.25, -0.2) is 4.39 Å². The molecule has 0 aliphatic heterocycles. The zero-order valence-corrected chi connectivity index (χ0v) is 19.6. The van der Waals surface area contributed by atoms with E-state index in [0.29, 0.717) is 5.75 Å². The Hall–Kier alpha value is -1.32. The van der Waals surface area contributed by atoms with Gasteiger partial charge in [0, 0.05) is 0 Å². The predicted molar refractivity (Wildman–Crippen MR) is 101 cm³/mol. The Kier molecular flexibility index (Phi) is 16.6. The Morgan fingerprint density at radius 3 is 2.40 bits per heavy atom. The predicted octanol–water partition coefficient (Wildman–Crippen LogP) is -3.27. The molecular formula is C21H22FKO7. The molecule has 0 bridgehead atoms. The molecule has 0 heterocycles. The van der Waals surface area contributed by atoms with E-state index in [1.807, 2.05) is 0 Å². The van der Waals surface area contributed by atoms with Crippen LogP contribution < -0.4 is 61.2 Å². The minimum absolute atomic E-state index is 0. The number of ether oxygens (including phenoxy) is 2. The molecule has 7 nitrogen and oxygen atoms in total. The number of aliphatic hydroxyl groups excluding tert-OH is 3. The molecular weight excluding hydrogens is 422 g/mol. The number of hydrogen-bond acceptors (Lipinski definition) is 7. The van der Waals surface area contributed by atoms with Gasteiger partial charge in [0.1, 0.15) is 36.5 Å². The maximum absolute atomic E-state index is 12.8. The van der Waals surface area contributed by atoms with E-state index in [2.05, 4.69) is 16.6 Å². The molecule has 1 aromatic carbocycles. The Balaban J connectivity index is 0.00000841. The van der Waals surface area contributed by atoms with Gasteiger partial charge in [0.2, 0.25) is 0 Å². The Morgan fingerprint density at radius 2 is 1.73 bits per heavy atom. The van der Waals surface area contributed by atoms with E-state index in [1.165, 1.54) is 60.7 Å². The van der Waals surface area contributed by atoms with E-state index in [4.69, 9.17) is 4.74 Å². The summed E-state index contributed by atoms with van der Waals surface area (Å²) in [6.07, 6.45) is 5.24. The number of rotatable bonds is 11. The van der Waals surface area contributed by atoms with Crippen LogP contribution in [0, 0.1) is 17.7 Å². The van der Waals surface area contributed by atoms with Crippen molar-refractivity contribution in [3.05, 3.63) is 66.5 Å². The number of benzene rings is 1. The van der Waals surface area contributed by atoms with Gasteiger partial charge in [-0.2, -0.15) is 0 Å². The third kappa shape index (κ3) is 14.6. The first-order chi connectivity index (χ1) is 13.9. The molecule has 0 spiro atoms. The summed E-state index contributed by atoms with van der Waals surface area (Å²) in [5, 5.41) is 39.0. The molecule has 0 fully saturated rings. The fourth-order valence-corrected chi connectivity index (χ4v) is 1.79. The Morgan fingerprint density at radius 1 is 1.07 bits per heavy atom. The van der Waals surface area contributed by atoms with Crippen molar-refractivity contribution in [1.29, 1.82) is 0 Å². The summed E-state index contributed by atoms with van der Waals surface area (Å²) < 4.78 is 22.7. The summed E-state index contributed by atoms with van der Waals surface area (Å²) in [6.45, 7) is -1.01. The van der Waals surface area contributed by atoms with Crippen molar-refractivity contribution in [3.8, 4) is 17.6 Å². The molecule has 156 valence electrons. The van der Waals surface area contributed by atoms with Gasteiger partial charge in [0.25, 0.3) is 0 Å². The first kappa shape index (κ1) is 28.7. The number of allylic oxidation sites excluding steroid dienone is 4. The molecule has 3 N–H and O–H groups in total. The van der Waals surface area contributed by atoms with Crippen LogP contribution in [0.3, 0.4) is 0 Å². The molecule has 0 saturated heterocycles. The molecule has 0 unspecified atom stereocenters. The third-order valence-electron chi connectivity index (χ3n) is 3.22. The Bertz CT molecular complexity index is 766. The van der Waals surface area contributed by atoms with Crippen LogP contribution >= 0.6 is 0 Å². The number of carboxylic acid groups (broad SMARTS) is 1. The van der Waals surface area contributed by atoms with Gasteiger partial charge >= 0.3 is 51.4 Å². The molecule has 0 saturated carbocycles. The second-order valence-corrected chi connectivity index (χ2v) is 5.67. The minimum Gasteiger partial charge on any atom is -0.548 e. The number of carbonyl (C=O) groups excluding carboxylic acids is 1. The SMILES string of the molecule is O=C([O-])COC[C@@H](O)[C@@H](O)/C=C/C=C/C#C/C=C/[C@H](O)COc1ccc(F)cc1.[K+]. The maximum Gasteiger partial charge on any atom is 1.00 e. The van der Waals surface area contributed by atoms with E-state index in [0.717, 1.165) is 0 Å². The van der Waals surface area contributed by atoms with E-state index in [9.17, 15) is 29.6 Å². The van der Waals surface area contributed by atoms with E-state index < -0.39 is 30.9 Å². The van der Waals surface area contributed by atoms with Gasteiger partial charge in [-0.05, 0) is 42.5 Å². The van der Waals surface area contributed by atoms with Crippen molar-refractivity contribution in [3.63, 3.8) is 0 Å². The molecule has 0 aromatic heterocycles. The van der Waals surface area contributed by atoms with Crippen molar-refractivity contribution in [2.45, 2.75) is 18.3 Å². The summed E-state index contributed by atoms with van der Waals surface area (Å²) in [4.78, 5) is 10.2. The van der Waals surface area contributed by atoms with Gasteiger partial charge in [-0.1, -0.05) is 30.1 Å².